The molecule has 0 bridgehead atoms. The van der Waals surface area contributed by atoms with E-state index in [1.807, 2.05) is 54.6 Å². The number of benzene rings is 2. The number of allylic oxidation sites excluding steroid dienone is 1. The van der Waals surface area contributed by atoms with Crippen molar-refractivity contribution in [1.29, 1.82) is 0 Å². The van der Waals surface area contributed by atoms with Crippen molar-refractivity contribution in [2.24, 2.45) is 0 Å². The molecule has 0 saturated heterocycles. The number of anilines is 1. The Bertz CT molecular complexity index is 595. The summed E-state index contributed by atoms with van der Waals surface area (Å²) in [5, 5.41) is 3.40. The molecule has 21 heavy (non-hydrogen) atoms. The van der Waals surface area contributed by atoms with Crippen molar-refractivity contribution in [3.8, 4) is 11.5 Å². The second-order valence-corrected chi connectivity index (χ2v) is 5.03. The highest BCUT2D eigenvalue weighted by Gasteiger charge is 2.10. The van der Waals surface area contributed by atoms with Crippen LogP contribution in [0.2, 0.25) is 0 Å². The second-order valence-electron chi connectivity index (χ2n) is 5.03. The third-order valence-corrected chi connectivity index (χ3v) is 3.37. The molecule has 1 atom stereocenters. The lowest BCUT2D eigenvalue weighted by Crippen LogP contribution is -2.22. The summed E-state index contributed by atoms with van der Waals surface area (Å²) in [6.45, 7) is 0.805. The predicted octanol–water partition coefficient (Wildman–Crippen LogP) is 4.58. The van der Waals surface area contributed by atoms with E-state index >= 15 is 0 Å². The van der Waals surface area contributed by atoms with Gasteiger partial charge >= 0.3 is 0 Å². The van der Waals surface area contributed by atoms with Crippen LogP contribution in [0, 0.1) is 0 Å². The van der Waals surface area contributed by atoms with E-state index < -0.39 is 0 Å². The summed E-state index contributed by atoms with van der Waals surface area (Å²) in [5.74, 6) is 1.67. The molecule has 0 aliphatic carbocycles. The molecule has 2 aromatic carbocycles. The van der Waals surface area contributed by atoms with Crippen LogP contribution in [-0.4, -0.2) is 12.6 Å². The van der Waals surface area contributed by atoms with Gasteiger partial charge < -0.3 is 14.8 Å². The summed E-state index contributed by atoms with van der Waals surface area (Å²) in [5.41, 5.74) is 1.04. The molecule has 0 spiro atoms. The minimum Gasteiger partial charge on any atom is -0.497 e. The first-order valence-electron chi connectivity index (χ1n) is 7.27. The summed E-state index contributed by atoms with van der Waals surface area (Å²) < 4.78 is 11.4. The van der Waals surface area contributed by atoms with Gasteiger partial charge in [0.25, 0.3) is 0 Å². The van der Waals surface area contributed by atoms with E-state index in [1.54, 1.807) is 6.26 Å². The number of nitrogens with one attached hydrogen (secondary N) is 1. The van der Waals surface area contributed by atoms with Crippen LogP contribution in [0.15, 0.2) is 66.9 Å². The van der Waals surface area contributed by atoms with Crippen molar-refractivity contribution < 1.29 is 9.47 Å². The van der Waals surface area contributed by atoms with E-state index in [0.717, 1.165) is 36.6 Å². The minimum atomic E-state index is 0.244. The Kier molecular flexibility index (Phi) is 4.42. The highest BCUT2D eigenvalue weighted by Crippen LogP contribution is 2.24. The van der Waals surface area contributed by atoms with Gasteiger partial charge in [0.15, 0.2) is 0 Å². The lowest BCUT2D eigenvalue weighted by atomic mass is 10.1. The zero-order chi connectivity index (χ0) is 14.3. The molecule has 0 amide bonds. The van der Waals surface area contributed by atoms with E-state index in [4.69, 9.17) is 9.47 Å². The number of hydrogen-bond acceptors (Lipinski definition) is 3. The molecule has 1 N–H and O–H groups in total. The summed E-state index contributed by atoms with van der Waals surface area (Å²) in [4.78, 5) is 0. The smallest absolute Gasteiger partial charge is 0.129 e. The van der Waals surface area contributed by atoms with Gasteiger partial charge in [-0.25, -0.2) is 0 Å². The zero-order valence-electron chi connectivity index (χ0n) is 11.9. The molecular formula is C18H19NO2. The highest BCUT2D eigenvalue weighted by atomic mass is 16.5. The molecule has 1 aliphatic rings. The van der Waals surface area contributed by atoms with Gasteiger partial charge in [-0.2, -0.15) is 0 Å². The summed E-state index contributed by atoms with van der Waals surface area (Å²) in [7, 11) is 0. The van der Waals surface area contributed by atoms with Crippen molar-refractivity contribution in [2.45, 2.75) is 18.9 Å². The largest absolute Gasteiger partial charge is 0.497 e. The minimum absolute atomic E-state index is 0.244. The van der Waals surface area contributed by atoms with Gasteiger partial charge in [0.2, 0.25) is 0 Å². The molecule has 1 heterocycles. The number of hydrogen-bond donors (Lipinski definition) is 1. The lowest BCUT2D eigenvalue weighted by molar-refractivity contribution is 0.135. The molecule has 108 valence electrons. The normalized spacial score (nSPS) is 17.0. The third-order valence-electron chi connectivity index (χ3n) is 3.37. The first-order chi connectivity index (χ1) is 10.4. The number of para-hydroxylation sites is 1. The van der Waals surface area contributed by atoms with Crippen LogP contribution in [-0.2, 0) is 4.74 Å². The molecule has 3 heteroatoms. The Hall–Kier alpha value is -2.42. The van der Waals surface area contributed by atoms with Gasteiger partial charge in [0.05, 0.1) is 12.8 Å². The molecule has 0 aromatic heterocycles. The van der Waals surface area contributed by atoms with Gasteiger partial charge in [0, 0.05) is 11.8 Å². The Balaban J connectivity index is 1.59. The van der Waals surface area contributed by atoms with Crippen LogP contribution < -0.4 is 10.1 Å². The summed E-state index contributed by atoms with van der Waals surface area (Å²) >= 11 is 0. The van der Waals surface area contributed by atoms with Crippen molar-refractivity contribution in [3.05, 3.63) is 66.9 Å². The fourth-order valence-electron chi connectivity index (χ4n) is 2.26. The van der Waals surface area contributed by atoms with Crippen LogP contribution >= 0.6 is 0 Å². The maximum absolute atomic E-state index is 5.83. The van der Waals surface area contributed by atoms with Gasteiger partial charge in [-0.3, -0.25) is 0 Å². The molecule has 1 unspecified atom stereocenters. The monoisotopic (exact) mass is 281 g/mol. The molecule has 0 saturated carbocycles. The first kappa shape index (κ1) is 13.6. The predicted molar refractivity (Wildman–Crippen MR) is 84.7 cm³/mol. The van der Waals surface area contributed by atoms with E-state index in [-0.39, 0.29) is 6.10 Å². The van der Waals surface area contributed by atoms with Crippen molar-refractivity contribution >= 4 is 5.69 Å². The highest BCUT2D eigenvalue weighted by molar-refractivity contribution is 5.49. The number of ether oxygens (including phenoxy) is 2. The quantitative estimate of drug-likeness (QED) is 0.870. The second kappa shape index (κ2) is 6.84. The standard InChI is InChI=1S/C18H19NO2/c1-2-8-16(9-3-1)21-17-11-6-7-15(13-17)19-14-18-10-4-5-12-20-18/h1-3,5-9,11-13,18-19H,4,10,14H2. The Morgan fingerprint density at radius 3 is 2.71 bits per heavy atom. The molecule has 0 fully saturated rings. The van der Waals surface area contributed by atoms with Crippen LogP contribution in [0.25, 0.3) is 0 Å². The zero-order valence-corrected chi connectivity index (χ0v) is 11.9. The molecule has 0 radical (unpaired) electrons. The average Bonchev–Trinajstić information content (AvgIpc) is 2.55. The van der Waals surface area contributed by atoms with E-state index in [9.17, 15) is 0 Å². The van der Waals surface area contributed by atoms with Gasteiger partial charge in [-0.15, -0.1) is 0 Å². The van der Waals surface area contributed by atoms with E-state index in [1.165, 1.54) is 0 Å². The molecule has 3 rings (SSSR count). The van der Waals surface area contributed by atoms with Gasteiger partial charge in [0.1, 0.15) is 17.6 Å². The fraction of sp³-hybridized carbons (Fsp3) is 0.222. The molecular weight excluding hydrogens is 262 g/mol. The Morgan fingerprint density at radius 1 is 1.05 bits per heavy atom. The maximum atomic E-state index is 5.83. The Labute approximate surface area is 125 Å². The van der Waals surface area contributed by atoms with Gasteiger partial charge in [-0.1, -0.05) is 24.3 Å². The lowest BCUT2D eigenvalue weighted by Gasteiger charge is -2.20. The van der Waals surface area contributed by atoms with Crippen molar-refractivity contribution in [1.82, 2.24) is 0 Å². The average molecular weight is 281 g/mol. The van der Waals surface area contributed by atoms with Crippen LogP contribution in [0.4, 0.5) is 5.69 Å². The third kappa shape index (κ3) is 4.02. The topological polar surface area (TPSA) is 30.5 Å². The molecule has 2 aromatic rings. The Morgan fingerprint density at radius 2 is 1.90 bits per heavy atom. The van der Waals surface area contributed by atoms with Gasteiger partial charge in [-0.05, 0) is 43.2 Å². The molecule has 3 nitrogen and oxygen atoms in total. The summed E-state index contributed by atoms with van der Waals surface area (Å²) in [6, 6.07) is 17.8. The summed E-state index contributed by atoms with van der Waals surface area (Å²) in [6.07, 6.45) is 6.25. The first-order valence-corrected chi connectivity index (χ1v) is 7.27. The van der Waals surface area contributed by atoms with Crippen LogP contribution in [0.3, 0.4) is 0 Å². The van der Waals surface area contributed by atoms with E-state index in [0.29, 0.717) is 0 Å². The van der Waals surface area contributed by atoms with Crippen molar-refractivity contribution in [2.75, 3.05) is 11.9 Å². The van der Waals surface area contributed by atoms with E-state index in [2.05, 4.69) is 11.4 Å². The maximum Gasteiger partial charge on any atom is 0.129 e. The van der Waals surface area contributed by atoms with Crippen LogP contribution in [0.1, 0.15) is 12.8 Å². The SMILES string of the molecule is C1=COC(CNc2cccc(Oc3ccccc3)c2)CC1. The van der Waals surface area contributed by atoms with Crippen LogP contribution in [0.5, 0.6) is 11.5 Å². The molecule has 1 aliphatic heterocycles. The number of rotatable bonds is 5. The van der Waals surface area contributed by atoms with Crippen molar-refractivity contribution in [3.63, 3.8) is 0 Å². The fourth-order valence-corrected chi connectivity index (χ4v) is 2.26.